The lowest BCUT2D eigenvalue weighted by Crippen LogP contribution is -2.30. The third-order valence-corrected chi connectivity index (χ3v) is 3.46. The van der Waals surface area contributed by atoms with Crippen molar-refractivity contribution in [3.05, 3.63) is 59.7 Å². The van der Waals surface area contributed by atoms with Crippen LogP contribution in [-0.4, -0.2) is 11.8 Å². The maximum atomic E-state index is 12.1. The van der Waals surface area contributed by atoms with Crippen LogP contribution in [0, 0.1) is 11.3 Å². The Hall–Kier alpha value is -3.13. The van der Waals surface area contributed by atoms with E-state index in [0.717, 1.165) is 5.56 Å². The Labute approximate surface area is 141 Å². The number of rotatable bonds is 2. The van der Waals surface area contributed by atoms with Gasteiger partial charge < -0.3 is 10.6 Å². The quantitative estimate of drug-likeness (QED) is 0.831. The van der Waals surface area contributed by atoms with Crippen molar-refractivity contribution in [1.29, 1.82) is 5.26 Å². The van der Waals surface area contributed by atoms with Crippen molar-refractivity contribution in [2.24, 2.45) is 0 Å². The number of anilines is 2. The summed E-state index contributed by atoms with van der Waals surface area (Å²) in [4.78, 5) is 24.2. The van der Waals surface area contributed by atoms with Crippen molar-refractivity contribution < 1.29 is 9.59 Å². The van der Waals surface area contributed by atoms with Gasteiger partial charge in [0, 0.05) is 11.4 Å². The summed E-state index contributed by atoms with van der Waals surface area (Å²) in [7, 11) is 0. The van der Waals surface area contributed by atoms with Crippen LogP contribution in [0.15, 0.2) is 48.5 Å². The van der Waals surface area contributed by atoms with Gasteiger partial charge in [-0.3, -0.25) is 9.59 Å². The van der Waals surface area contributed by atoms with Crippen LogP contribution < -0.4 is 10.6 Å². The third-order valence-electron chi connectivity index (χ3n) is 3.46. The molecule has 0 unspecified atom stereocenters. The van der Waals surface area contributed by atoms with Crippen molar-refractivity contribution in [1.82, 2.24) is 0 Å². The van der Waals surface area contributed by atoms with Crippen molar-refractivity contribution >= 4 is 23.2 Å². The van der Waals surface area contributed by atoms with Crippen molar-refractivity contribution in [3.63, 3.8) is 0 Å². The lowest BCUT2D eigenvalue weighted by molar-refractivity contribution is -0.133. The number of amides is 2. The predicted octanol–water partition coefficient (Wildman–Crippen LogP) is 3.43. The molecule has 0 atom stereocenters. The summed E-state index contributed by atoms with van der Waals surface area (Å²) >= 11 is 0. The Kier molecular flexibility index (Phi) is 5.00. The lowest BCUT2D eigenvalue weighted by atomic mass is 9.86. The van der Waals surface area contributed by atoms with E-state index in [1.54, 1.807) is 30.3 Å². The first kappa shape index (κ1) is 17.2. The molecule has 0 aliphatic rings. The molecule has 0 saturated carbocycles. The molecule has 0 heterocycles. The van der Waals surface area contributed by atoms with Crippen LogP contribution in [0.3, 0.4) is 0 Å². The first-order chi connectivity index (χ1) is 11.3. The number of nitrogens with zero attached hydrogens (tertiary/aromatic N) is 1. The molecule has 0 spiro atoms. The molecule has 2 aromatic rings. The molecule has 0 aromatic heterocycles. The summed E-state index contributed by atoms with van der Waals surface area (Å²) < 4.78 is 0. The fraction of sp³-hybridized carbons (Fsp3) is 0.211. The second kappa shape index (κ2) is 6.97. The van der Waals surface area contributed by atoms with Crippen LogP contribution in [0.4, 0.5) is 11.4 Å². The van der Waals surface area contributed by atoms with Gasteiger partial charge in [0.05, 0.1) is 11.6 Å². The van der Waals surface area contributed by atoms with Crippen LogP contribution in [0.25, 0.3) is 0 Å². The van der Waals surface area contributed by atoms with E-state index in [9.17, 15) is 9.59 Å². The fourth-order valence-electron chi connectivity index (χ4n) is 2.24. The van der Waals surface area contributed by atoms with Gasteiger partial charge in [0.1, 0.15) is 0 Å². The van der Waals surface area contributed by atoms with Gasteiger partial charge in [-0.25, -0.2) is 0 Å². The molecule has 0 radical (unpaired) electrons. The smallest absolute Gasteiger partial charge is 0.314 e. The summed E-state index contributed by atoms with van der Waals surface area (Å²) in [5, 5.41) is 13.9. The molecule has 0 aliphatic heterocycles. The minimum atomic E-state index is -0.761. The Morgan fingerprint density at radius 3 is 2.08 bits per heavy atom. The Morgan fingerprint density at radius 2 is 1.50 bits per heavy atom. The Bertz CT molecular complexity index is 797. The van der Waals surface area contributed by atoms with Crippen LogP contribution in [-0.2, 0) is 15.0 Å². The van der Waals surface area contributed by atoms with Gasteiger partial charge >= 0.3 is 11.8 Å². The molecule has 2 rings (SSSR count). The fourth-order valence-corrected chi connectivity index (χ4v) is 2.24. The maximum absolute atomic E-state index is 12.1. The van der Waals surface area contributed by atoms with Gasteiger partial charge in [0.2, 0.25) is 0 Å². The standard InChI is InChI=1S/C19H19N3O2/c1-19(2,3)15-6-4-5-7-16(15)22-18(24)17(23)21-14-10-8-13(12-20)9-11-14/h4-11H,1-3H3,(H,21,23)(H,22,24). The summed E-state index contributed by atoms with van der Waals surface area (Å²) in [6, 6.07) is 15.7. The van der Waals surface area contributed by atoms with Crippen LogP contribution >= 0.6 is 0 Å². The number of para-hydroxylation sites is 1. The minimum Gasteiger partial charge on any atom is -0.318 e. The monoisotopic (exact) mass is 321 g/mol. The molecule has 5 heteroatoms. The number of hydrogen-bond donors (Lipinski definition) is 2. The molecular formula is C19H19N3O2. The lowest BCUT2D eigenvalue weighted by Gasteiger charge is -2.22. The molecule has 2 amide bonds. The number of benzene rings is 2. The van der Waals surface area contributed by atoms with E-state index >= 15 is 0 Å². The molecule has 2 aromatic carbocycles. The summed E-state index contributed by atoms with van der Waals surface area (Å²) in [6.07, 6.45) is 0. The van der Waals surface area contributed by atoms with Crippen LogP contribution in [0.5, 0.6) is 0 Å². The first-order valence-electron chi connectivity index (χ1n) is 7.53. The molecule has 0 saturated heterocycles. The molecule has 122 valence electrons. The van der Waals surface area contributed by atoms with E-state index in [2.05, 4.69) is 10.6 Å². The summed E-state index contributed by atoms with van der Waals surface area (Å²) in [5.41, 5.74) is 2.34. The SMILES string of the molecule is CC(C)(C)c1ccccc1NC(=O)C(=O)Nc1ccc(C#N)cc1. The van der Waals surface area contributed by atoms with E-state index < -0.39 is 11.8 Å². The average molecular weight is 321 g/mol. The van der Waals surface area contributed by atoms with Gasteiger partial charge in [-0.2, -0.15) is 5.26 Å². The summed E-state index contributed by atoms with van der Waals surface area (Å²) in [5.74, 6) is -1.50. The highest BCUT2D eigenvalue weighted by atomic mass is 16.2. The van der Waals surface area contributed by atoms with Crippen molar-refractivity contribution in [3.8, 4) is 6.07 Å². The summed E-state index contributed by atoms with van der Waals surface area (Å²) in [6.45, 7) is 6.11. The van der Waals surface area contributed by atoms with Gasteiger partial charge in [-0.05, 0) is 41.3 Å². The number of nitriles is 1. The zero-order valence-corrected chi connectivity index (χ0v) is 13.9. The largest absolute Gasteiger partial charge is 0.318 e. The maximum Gasteiger partial charge on any atom is 0.314 e. The molecule has 5 nitrogen and oxygen atoms in total. The number of carbonyl (C=O) groups is 2. The topological polar surface area (TPSA) is 82.0 Å². The average Bonchev–Trinajstić information content (AvgIpc) is 2.55. The predicted molar refractivity (Wildman–Crippen MR) is 93.6 cm³/mol. The zero-order valence-electron chi connectivity index (χ0n) is 13.9. The number of nitrogens with one attached hydrogen (secondary N) is 2. The van der Waals surface area contributed by atoms with E-state index in [0.29, 0.717) is 16.9 Å². The van der Waals surface area contributed by atoms with E-state index in [4.69, 9.17) is 5.26 Å². The molecular weight excluding hydrogens is 302 g/mol. The third kappa shape index (κ3) is 4.20. The van der Waals surface area contributed by atoms with Gasteiger partial charge in [0.25, 0.3) is 0 Å². The highest BCUT2D eigenvalue weighted by Gasteiger charge is 2.21. The molecule has 2 N–H and O–H groups in total. The molecule has 0 bridgehead atoms. The van der Waals surface area contributed by atoms with Crippen LogP contribution in [0.1, 0.15) is 31.9 Å². The normalized spacial score (nSPS) is 10.6. The number of hydrogen-bond acceptors (Lipinski definition) is 3. The molecule has 0 fully saturated rings. The molecule has 0 aliphatic carbocycles. The van der Waals surface area contributed by atoms with Crippen LogP contribution in [0.2, 0.25) is 0 Å². The second-order valence-electron chi connectivity index (χ2n) is 6.39. The first-order valence-corrected chi connectivity index (χ1v) is 7.53. The van der Waals surface area contributed by atoms with Gasteiger partial charge in [0.15, 0.2) is 0 Å². The second-order valence-corrected chi connectivity index (χ2v) is 6.39. The highest BCUT2D eigenvalue weighted by Crippen LogP contribution is 2.29. The zero-order chi connectivity index (χ0) is 17.7. The molecule has 24 heavy (non-hydrogen) atoms. The van der Waals surface area contributed by atoms with E-state index in [1.807, 2.05) is 45.0 Å². The van der Waals surface area contributed by atoms with Gasteiger partial charge in [-0.15, -0.1) is 0 Å². The van der Waals surface area contributed by atoms with Crippen molar-refractivity contribution in [2.75, 3.05) is 10.6 Å². The highest BCUT2D eigenvalue weighted by molar-refractivity contribution is 6.43. The Balaban J connectivity index is 2.10. The Morgan fingerprint density at radius 1 is 0.917 bits per heavy atom. The van der Waals surface area contributed by atoms with E-state index in [-0.39, 0.29) is 5.41 Å². The minimum absolute atomic E-state index is 0.159. The van der Waals surface area contributed by atoms with Gasteiger partial charge in [-0.1, -0.05) is 39.0 Å². The van der Waals surface area contributed by atoms with E-state index in [1.165, 1.54) is 0 Å². The van der Waals surface area contributed by atoms with Crippen molar-refractivity contribution in [2.45, 2.75) is 26.2 Å². The number of carbonyl (C=O) groups excluding carboxylic acids is 2.